The lowest BCUT2D eigenvalue weighted by molar-refractivity contribution is -0.143. The normalized spacial score (nSPS) is 12.2. The van der Waals surface area contributed by atoms with Crippen molar-refractivity contribution < 1.29 is 19.1 Å². The molecule has 1 N–H and O–H groups in total. The molecule has 0 aliphatic heterocycles. The van der Waals surface area contributed by atoms with E-state index < -0.39 is 11.6 Å². The molecule has 2 aromatic rings. The molecule has 0 aromatic heterocycles. The second-order valence-corrected chi connectivity index (χ2v) is 9.55. The second-order valence-electron chi connectivity index (χ2n) is 9.55. The standard InChI is InChI=1S/C27H38N2O4/c1-8-24(26(31)28-27(4,5)6)29(17-20-10-9-11-23(16-20)32-7)25(30)18-33-22-14-12-21(13-15-22)19(2)3/h9-16,19,24H,8,17-18H2,1-7H3,(H,28,31)/t24-/m0/s1. The quantitative estimate of drug-likeness (QED) is 0.553. The van der Waals surface area contributed by atoms with Crippen LogP contribution in [0.4, 0.5) is 0 Å². The average Bonchev–Trinajstić information content (AvgIpc) is 2.76. The third kappa shape index (κ3) is 8.12. The Labute approximate surface area is 198 Å². The van der Waals surface area contributed by atoms with Gasteiger partial charge in [-0.25, -0.2) is 0 Å². The number of hydrogen-bond acceptors (Lipinski definition) is 4. The molecule has 0 spiro atoms. The van der Waals surface area contributed by atoms with Crippen LogP contribution >= 0.6 is 0 Å². The Kier molecular flexibility index (Phi) is 9.32. The van der Waals surface area contributed by atoms with Crippen LogP contribution < -0.4 is 14.8 Å². The van der Waals surface area contributed by atoms with Crippen LogP contribution in [0.15, 0.2) is 48.5 Å². The number of amides is 2. The summed E-state index contributed by atoms with van der Waals surface area (Å²) in [6.07, 6.45) is 0.487. The third-order valence-corrected chi connectivity index (χ3v) is 5.28. The lowest BCUT2D eigenvalue weighted by atomic mass is 10.0. The van der Waals surface area contributed by atoms with Crippen molar-refractivity contribution in [1.29, 1.82) is 0 Å². The molecule has 0 aliphatic rings. The molecule has 0 bridgehead atoms. The number of carbonyl (C=O) groups is 2. The van der Waals surface area contributed by atoms with Gasteiger partial charge in [-0.15, -0.1) is 0 Å². The van der Waals surface area contributed by atoms with Gasteiger partial charge in [-0.1, -0.05) is 45.0 Å². The predicted octanol–water partition coefficient (Wildman–Crippen LogP) is 4.92. The largest absolute Gasteiger partial charge is 0.497 e. The number of nitrogens with one attached hydrogen (secondary N) is 1. The van der Waals surface area contributed by atoms with Crippen molar-refractivity contribution in [3.05, 3.63) is 59.7 Å². The minimum atomic E-state index is -0.616. The molecule has 0 saturated heterocycles. The molecule has 2 aromatic carbocycles. The molecule has 0 saturated carbocycles. The fraction of sp³-hybridized carbons (Fsp3) is 0.481. The van der Waals surface area contributed by atoms with E-state index in [1.54, 1.807) is 12.0 Å². The summed E-state index contributed by atoms with van der Waals surface area (Å²) in [6.45, 7) is 12.1. The Balaban J connectivity index is 2.23. The van der Waals surface area contributed by atoms with Crippen LogP contribution in [0.1, 0.15) is 65.0 Å². The maximum atomic E-state index is 13.3. The van der Waals surface area contributed by atoms with Crippen molar-refractivity contribution in [2.75, 3.05) is 13.7 Å². The Hall–Kier alpha value is -3.02. The number of hydrogen-bond donors (Lipinski definition) is 1. The van der Waals surface area contributed by atoms with Crippen molar-refractivity contribution in [1.82, 2.24) is 10.2 Å². The molecule has 33 heavy (non-hydrogen) atoms. The van der Waals surface area contributed by atoms with Crippen LogP contribution in [0.5, 0.6) is 11.5 Å². The lowest BCUT2D eigenvalue weighted by Crippen LogP contribution is -2.54. The molecule has 0 unspecified atom stereocenters. The summed E-state index contributed by atoms with van der Waals surface area (Å²) in [5, 5.41) is 3.01. The fourth-order valence-electron chi connectivity index (χ4n) is 3.52. The van der Waals surface area contributed by atoms with E-state index in [9.17, 15) is 9.59 Å². The van der Waals surface area contributed by atoms with Crippen LogP contribution in [0.2, 0.25) is 0 Å². The molecule has 0 heterocycles. The van der Waals surface area contributed by atoms with E-state index in [4.69, 9.17) is 9.47 Å². The van der Waals surface area contributed by atoms with Gasteiger partial charge in [0.25, 0.3) is 5.91 Å². The Morgan fingerprint density at radius 2 is 1.70 bits per heavy atom. The fourth-order valence-corrected chi connectivity index (χ4v) is 3.52. The first kappa shape index (κ1) is 26.2. The van der Waals surface area contributed by atoms with Gasteiger partial charge in [0.15, 0.2) is 6.61 Å². The number of carbonyl (C=O) groups excluding carboxylic acids is 2. The smallest absolute Gasteiger partial charge is 0.261 e. The topological polar surface area (TPSA) is 67.9 Å². The molecular formula is C27H38N2O4. The van der Waals surface area contributed by atoms with E-state index in [1.165, 1.54) is 5.56 Å². The van der Waals surface area contributed by atoms with Crippen molar-refractivity contribution >= 4 is 11.8 Å². The molecule has 6 heteroatoms. The van der Waals surface area contributed by atoms with Crippen LogP contribution in [-0.2, 0) is 16.1 Å². The van der Waals surface area contributed by atoms with Crippen LogP contribution in [0.25, 0.3) is 0 Å². The van der Waals surface area contributed by atoms with Crippen molar-refractivity contribution in [2.24, 2.45) is 0 Å². The maximum Gasteiger partial charge on any atom is 0.261 e. The van der Waals surface area contributed by atoms with E-state index in [-0.39, 0.29) is 25.0 Å². The van der Waals surface area contributed by atoms with E-state index >= 15 is 0 Å². The number of methoxy groups -OCH3 is 1. The van der Waals surface area contributed by atoms with Gasteiger partial charge in [0.1, 0.15) is 17.5 Å². The maximum absolute atomic E-state index is 13.3. The SMILES string of the molecule is CC[C@@H](C(=O)NC(C)(C)C)N(Cc1cccc(OC)c1)C(=O)COc1ccc(C(C)C)cc1. The zero-order chi connectivity index (χ0) is 24.6. The monoisotopic (exact) mass is 454 g/mol. The van der Waals surface area contributed by atoms with Gasteiger partial charge in [-0.3, -0.25) is 9.59 Å². The minimum absolute atomic E-state index is 0.149. The molecule has 2 amide bonds. The average molecular weight is 455 g/mol. The van der Waals surface area contributed by atoms with Gasteiger partial charge in [-0.2, -0.15) is 0 Å². The minimum Gasteiger partial charge on any atom is -0.497 e. The molecule has 0 radical (unpaired) electrons. The lowest BCUT2D eigenvalue weighted by Gasteiger charge is -2.33. The Bertz CT molecular complexity index is 916. The van der Waals surface area contributed by atoms with Crippen LogP contribution in [0.3, 0.4) is 0 Å². The summed E-state index contributed by atoms with van der Waals surface area (Å²) in [7, 11) is 1.60. The molecule has 180 valence electrons. The van der Waals surface area contributed by atoms with Crippen LogP contribution in [-0.4, -0.2) is 42.0 Å². The first-order chi connectivity index (χ1) is 15.5. The highest BCUT2D eigenvalue weighted by Gasteiger charge is 2.31. The Morgan fingerprint density at radius 3 is 2.24 bits per heavy atom. The number of rotatable bonds is 10. The van der Waals surface area contributed by atoms with Gasteiger partial charge in [-0.05, 0) is 68.5 Å². The van der Waals surface area contributed by atoms with Gasteiger partial charge in [0.2, 0.25) is 5.91 Å². The number of ether oxygens (including phenoxy) is 2. The summed E-state index contributed by atoms with van der Waals surface area (Å²) in [4.78, 5) is 28.0. The van der Waals surface area contributed by atoms with E-state index in [0.29, 0.717) is 23.8 Å². The highest BCUT2D eigenvalue weighted by atomic mass is 16.5. The number of nitrogens with zero attached hydrogens (tertiary/aromatic N) is 1. The van der Waals surface area contributed by atoms with Gasteiger partial charge < -0.3 is 19.7 Å². The van der Waals surface area contributed by atoms with Crippen LogP contribution in [0, 0.1) is 0 Å². The van der Waals surface area contributed by atoms with Crippen molar-refractivity contribution in [2.45, 2.75) is 72.0 Å². The molecule has 2 rings (SSSR count). The molecule has 1 atom stereocenters. The molecular weight excluding hydrogens is 416 g/mol. The predicted molar refractivity (Wildman–Crippen MR) is 132 cm³/mol. The molecule has 0 aliphatic carbocycles. The summed E-state index contributed by atoms with van der Waals surface area (Å²) >= 11 is 0. The molecule has 0 fully saturated rings. The second kappa shape index (κ2) is 11.7. The summed E-state index contributed by atoms with van der Waals surface area (Å²) in [5.41, 5.74) is 1.69. The zero-order valence-electron chi connectivity index (χ0n) is 21.0. The van der Waals surface area contributed by atoms with Gasteiger partial charge in [0, 0.05) is 12.1 Å². The molecule has 6 nitrogen and oxygen atoms in total. The van der Waals surface area contributed by atoms with Crippen molar-refractivity contribution in [3.63, 3.8) is 0 Å². The van der Waals surface area contributed by atoms with E-state index in [0.717, 1.165) is 5.56 Å². The highest BCUT2D eigenvalue weighted by Crippen LogP contribution is 2.20. The first-order valence-corrected chi connectivity index (χ1v) is 11.5. The van der Waals surface area contributed by atoms with Gasteiger partial charge >= 0.3 is 0 Å². The van der Waals surface area contributed by atoms with E-state index in [1.807, 2.05) is 76.2 Å². The summed E-state index contributed by atoms with van der Waals surface area (Å²) in [5.74, 6) is 1.32. The van der Waals surface area contributed by atoms with E-state index in [2.05, 4.69) is 19.2 Å². The van der Waals surface area contributed by atoms with Crippen molar-refractivity contribution in [3.8, 4) is 11.5 Å². The third-order valence-electron chi connectivity index (χ3n) is 5.28. The Morgan fingerprint density at radius 1 is 1.03 bits per heavy atom. The first-order valence-electron chi connectivity index (χ1n) is 11.5. The number of benzene rings is 2. The van der Waals surface area contributed by atoms with Gasteiger partial charge in [0.05, 0.1) is 7.11 Å². The summed E-state index contributed by atoms with van der Waals surface area (Å²) < 4.78 is 11.1. The summed E-state index contributed by atoms with van der Waals surface area (Å²) in [6, 6.07) is 14.7. The highest BCUT2D eigenvalue weighted by molar-refractivity contribution is 5.88. The zero-order valence-corrected chi connectivity index (χ0v) is 21.0.